The van der Waals surface area contributed by atoms with Gasteiger partial charge in [0.15, 0.2) is 0 Å². The van der Waals surface area contributed by atoms with Gasteiger partial charge >= 0.3 is 0 Å². The first-order valence-electron chi connectivity index (χ1n) is 8.97. The highest BCUT2D eigenvalue weighted by atomic mass is 32.2. The molecular formula is C18H25N7O2S. The van der Waals surface area contributed by atoms with Crippen LogP contribution in [0.5, 0.6) is 0 Å². The summed E-state index contributed by atoms with van der Waals surface area (Å²) in [5.74, 6) is 0.754. The van der Waals surface area contributed by atoms with Crippen LogP contribution < -0.4 is 20.7 Å². The molecule has 9 nitrogen and oxygen atoms in total. The first kappa shape index (κ1) is 21.6. The summed E-state index contributed by atoms with van der Waals surface area (Å²) in [7, 11) is -3.57. The number of hydrogen-bond donors (Lipinski definition) is 4. The van der Waals surface area contributed by atoms with Gasteiger partial charge in [0.05, 0.1) is 11.1 Å². The van der Waals surface area contributed by atoms with Gasteiger partial charge in [-0.2, -0.15) is 10.2 Å². The number of nitriles is 1. The Hall–Kier alpha value is -2.74. The highest BCUT2D eigenvalue weighted by molar-refractivity contribution is 7.89. The fraction of sp³-hybridized carbons (Fsp3) is 0.389. The average molecular weight is 404 g/mol. The fourth-order valence-electron chi connectivity index (χ4n) is 2.30. The van der Waals surface area contributed by atoms with Gasteiger partial charge in [-0.15, -0.1) is 0 Å². The normalized spacial score (nSPS) is 11.2. The third-order valence-corrected chi connectivity index (χ3v) is 5.12. The zero-order valence-electron chi connectivity index (χ0n) is 16.2. The summed E-state index contributed by atoms with van der Waals surface area (Å²) in [5, 5.41) is 18.2. The average Bonchev–Trinajstić information content (AvgIpc) is 2.66. The Bertz CT molecular complexity index is 922. The zero-order valence-corrected chi connectivity index (χ0v) is 17.0. The van der Waals surface area contributed by atoms with E-state index in [0.29, 0.717) is 48.7 Å². The fourth-order valence-corrected chi connectivity index (χ4v) is 3.33. The lowest BCUT2D eigenvalue weighted by Crippen LogP contribution is -2.34. The molecule has 28 heavy (non-hydrogen) atoms. The summed E-state index contributed by atoms with van der Waals surface area (Å²) in [6, 6.07) is 8.61. The Labute approximate surface area is 165 Å². The SMILES string of the molecule is CCNc1nc(Nc2ccc(S(=O)(=O)NCCNC(C)C)cc2)ncc1C#N. The maximum absolute atomic E-state index is 12.3. The summed E-state index contributed by atoms with van der Waals surface area (Å²) in [4.78, 5) is 8.55. The second kappa shape index (κ2) is 9.98. The largest absolute Gasteiger partial charge is 0.369 e. The standard InChI is InChI=1S/C18H25N7O2S/c1-4-20-17-14(11-19)12-22-18(25-17)24-15-5-7-16(8-6-15)28(26,27)23-10-9-21-13(2)3/h5-8,12-13,21,23H,4,9-10H2,1-3H3,(H2,20,22,24,25). The lowest BCUT2D eigenvalue weighted by Gasteiger charge is -2.11. The number of benzene rings is 1. The molecule has 0 saturated heterocycles. The van der Waals surface area contributed by atoms with Crippen LogP contribution in [0.25, 0.3) is 0 Å². The lowest BCUT2D eigenvalue weighted by atomic mass is 10.3. The highest BCUT2D eigenvalue weighted by Crippen LogP contribution is 2.19. The van der Waals surface area contributed by atoms with Crippen molar-refractivity contribution in [3.63, 3.8) is 0 Å². The monoisotopic (exact) mass is 403 g/mol. The molecule has 2 rings (SSSR count). The minimum Gasteiger partial charge on any atom is -0.369 e. The van der Waals surface area contributed by atoms with Crippen LogP contribution in [0.4, 0.5) is 17.5 Å². The van der Waals surface area contributed by atoms with E-state index in [2.05, 4.69) is 30.6 Å². The lowest BCUT2D eigenvalue weighted by molar-refractivity contribution is 0.559. The van der Waals surface area contributed by atoms with Gasteiger partial charge in [-0.25, -0.2) is 18.1 Å². The van der Waals surface area contributed by atoms with Crippen LogP contribution in [-0.2, 0) is 10.0 Å². The van der Waals surface area contributed by atoms with Crippen LogP contribution >= 0.6 is 0 Å². The highest BCUT2D eigenvalue weighted by Gasteiger charge is 2.13. The molecule has 10 heteroatoms. The van der Waals surface area contributed by atoms with E-state index in [4.69, 9.17) is 5.26 Å². The van der Waals surface area contributed by atoms with Crippen LogP contribution in [0.3, 0.4) is 0 Å². The molecule has 0 fully saturated rings. The minimum absolute atomic E-state index is 0.177. The van der Waals surface area contributed by atoms with Gasteiger partial charge in [-0.1, -0.05) is 13.8 Å². The van der Waals surface area contributed by atoms with Gasteiger partial charge in [0.25, 0.3) is 0 Å². The minimum atomic E-state index is -3.57. The van der Waals surface area contributed by atoms with Crippen molar-refractivity contribution in [2.24, 2.45) is 0 Å². The third kappa shape index (κ3) is 6.16. The molecule has 0 spiro atoms. The Balaban J connectivity index is 2.04. The van der Waals surface area contributed by atoms with Crippen LogP contribution in [0.2, 0.25) is 0 Å². The van der Waals surface area contributed by atoms with E-state index in [1.807, 2.05) is 26.8 Å². The molecule has 4 N–H and O–H groups in total. The molecule has 1 heterocycles. The summed E-state index contributed by atoms with van der Waals surface area (Å²) in [6.45, 7) is 7.39. The summed E-state index contributed by atoms with van der Waals surface area (Å²) in [5.41, 5.74) is 0.986. The van der Waals surface area contributed by atoms with Gasteiger partial charge < -0.3 is 16.0 Å². The topological polar surface area (TPSA) is 132 Å². The predicted molar refractivity (Wildman–Crippen MR) is 109 cm³/mol. The van der Waals surface area contributed by atoms with Crippen molar-refractivity contribution in [3.8, 4) is 6.07 Å². The van der Waals surface area contributed by atoms with Crippen molar-refractivity contribution < 1.29 is 8.42 Å². The Kier molecular flexibility index (Phi) is 7.69. The van der Waals surface area contributed by atoms with Crippen molar-refractivity contribution in [1.82, 2.24) is 20.0 Å². The molecule has 0 aliphatic carbocycles. The van der Waals surface area contributed by atoms with E-state index in [-0.39, 0.29) is 4.90 Å². The number of anilines is 3. The van der Waals surface area contributed by atoms with E-state index < -0.39 is 10.0 Å². The third-order valence-electron chi connectivity index (χ3n) is 3.64. The second-order valence-corrected chi connectivity index (χ2v) is 8.02. The molecule has 0 amide bonds. The van der Waals surface area contributed by atoms with Gasteiger partial charge in [0.2, 0.25) is 16.0 Å². The number of sulfonamides is 1. The van der Waals surface area contributed by atoms with Gasteiger partial charge in [-0.05, 0) is 31.2 Å². The Morgan fingerprint density at radius 2 is 1.89 bits per heavy atom. The Morgan fingerprint density at radius 3 is 2.50 bits per heavy atom. The first-order valence-corrected chi connectivity index (χ1v) is 10.4. The molecule has 0 aliphatic heterocycles. The molecule has 2 aromatic rings. The number of nitrogens with zero attached hydrogens (tertiary/aromatic N) is 3. The molecule has 0 saturated carbocycles. The number of rotatable bonds is 10. The second-order valence-electron chi connectivity index (χ2n) is 6.25. The Morgan fingerprint density at radius 1 is 1.18 bits per heavy atom. The smallest absolute Gasteiger partial charge is 0.240 e. The molecular weight excluding hydrogens is 378 g/mol. The van der Waals surface area contributed by atoms with Crippen molar-refractivity contribution in [2.75, 3.05) is 30.3 Å². The van der Waals surface area contributed by atoms with Crippen LogP contribution in [0.1, 0.15) is 26.3 Å². The van der Waals surface area contributed by atoms with Crippen LogP contribution in [0, 0.1) is 11.3 Å². The van der Waals surface area contributed by atoms with Crippen molar-refractivity contribution >= 4 is 27.5 Å². The van der Waals surface area contributed by atoms with E-state index in [1.165, 1.54) is 18.3 Å². The molecule has 0 aliphatic rings. The summed E-state index contributed by atoms with van der Waals surface area (Å²) >= 11 is 0. The molecule has 150 valence electrons. The summed E-state index contributed by atoms with van der Waals surface area (Å²) < 4.78 is 27.2. The van der Waals surface area contributed by atoms with Gasteiger partial charge in [0, 0.05) is 31.4 Å². The number of hydrogen-bond acceptors (Lipinski definition) is 8. The molecule has 0 unspecified atom stereocenters. The maximum Gasteiger partial charge on any atom is 0.240 e. The van der Waals surface area contributed by atoms with Gasteiger partial charge in [-0.3, -0.25) is 0 Å². The van der Waals surface area contributed by atoms with E-state index in [9.17, 15) is 8.42 Å². The quantitative estimate of drug-likeness (QED) is 0.442. The zero-order chi connectivity index (χ0) is 20.6. The van der Waals surface area contributed by atoms with E-state index >= 15 is 0 Å². The molecule has 1 aromatic heterocycles. The first-order chi connectivity index (χ1) is 13.4. The van der Waals surface area contributed by atoms with Crippen LogP contribution in [0.15, 0.2) is 35.4 Å². The van der Waals surface area contributed by atoms with Crippen LogP contribution in [-0.4, -0.2) is 44.1 Å². The van der Waals surface area contributed by atoms with E-state index in [1.54, 1.807) is 12.1 Å². The molecule has 0 atom stereocenters. The van der Waals surface area contributed by atoms with Gasteiger partial charge in [0.1, 0.15) is 17.5 Å². The predicted octanol–water partition coefficient (Wildman–Crippen LogP) is 1.80. The number of aromatic nitrogens is 2. The van der Waals surface area contributed by atoms with E-state index in [0.717, 1.165) is 0 Å². The summed E-state index contributed by atoms with van der Waals surface area (Å²) in [6.07, 6.45) is 1.43. The molecule has 0 bridgehead atoms. The van der Waals surface area contributed by atoms with Crippen molar-refractivity contribution in [1.29, 1.82) is 5.26 Å². The van der Waals surface area contributed by atoms with Crippen molar-refractivity contribution in [2.45, 2.75) is 31.7 Å². The molecule has 1 aromatic carbocycles. The van der Waals surface area contributed by atoms with Crippen molar-refractivity contribution in [3.05, 3.63) is 36.0 Å². The molecule has 0 radical (unpaired) electrons. The maximum atomic E-state index is 12.3. The number of nitrogens with one attached hydrogen (secondary N) is 4.